The highest BCUT2D eigenvalue weighted by atomic mass is 35.5. The third-order valence-corrected chi connectivity index (χ3v) is 5.11. The Bertz CT molecular complexity index is 1070. The van der Waals surface area contributed by atoms with Crippen LogP contribution in [0.1, 0.15) is 24.2 Å². The summed E-state index contributed by atoms with van der Waals surface area (Å²) >= 11 is 12.0. The lowest BCUT2D eigenvalue weighted by molar-refractivity contribution is -0.118. The summed E-state index contributed by atoms with van der Waals surface area (Å²) in [6, 6.07) is 14.0. The maximum atomic E-state index is 13.0. The lowest BCUT2D eigenvalue weighted by Crippen LogP contribution is -2.31. The summed E-state index contributed by atoms with van der Waals surface area (Å²) in [7, 11) is 0. The van der Waals surface area contributed by atoms with Gasteiger partial charge in [-0.1, -0.05) is 41.4 Å². The standard InChI is InChI=1S/C22H22Cl2N4O3/c1-3-27(4-2)22(30)17-13-25-28(16-8-6-5-7-9-16)21(17)26-20(29)14-31-19-12-15(23)10-11-18(19)24/h5-13H,3-4,14H2,1-2H3,(H,26,29). The zero-order chi connectivity index (χ0) is 22.4. The third kappa shape index (κ3) is 5.37. The number of benzene rings is 2. The summed E-state index contributed by atoms with van der Waals surface area (Å²) in [6.07, 6.45) is 1.46. The number of rotatable bonds is 8. The number of anilines is 1. The highest BCUT2D eigenvalue weighted by Crippen LogP contribution is 2.28. The third-order valence-electron chi connectivity index (χ3n) is 4.56. The minimum Gasteiger partial charge on any atom is -0.482 e. The summed E-state index contributed by atoms with van der Waals surface area (Å²) in [4.78, 5) is 27.3. The summed E-state index contributed by atoms with van der Waals surface area (Å²) in [5, 5.41) is 7.87. The molecule has 0 radical (unpaired) electrons. The van der Waals surface area contributed by atoms with Crippen molar-refractivity contribution in [1.82, 2.24) is 14.7 Å². The molecule has 0 bridgehead atoms. The molecule has 1 heterocycles. The van der Waals surface area contributed by atoms with Crippen molar-refractivity contribution >= 4 is 40.8 Å². The van der Waals surface area contributed by atoms with Crippen molar-refractivity contribution in [2.45, 2.75) is 13.8 Å². The van der Waals surface area contributed by atoms with Gasteiger partial charge in [-0.3, -0.25) is 9.59 Å². The second kappa shape index (κ2) is 10.3. The Morgan fingerprint density at radius 3 is 2.48 bits per heavy atom. The molecule has 0 aliphatic heterocycles. The molecule has 0 aliphatic carbocycles. The molecular formula is C22H22Cl2N4O3. The molecule has 2 aromatic carbocycles. The van der Waals surface area contributed by atoms with E-state index in [-0.39, 0.29) is 18.3 Å². The smallest absolute Gasteiger partial charge is 0.263 e. The number of hydrogen-bond acceptors (Lipinski definition) is 4. The van der Waals surface area contributed by atoms with E-state index >= 15 is 0 Å². The molecule has 7 nitrogen and oxygen atoms in total. The highest BCUT2D eigenvalue weighted by molar-refractivity contribution is 6.34. The second-order valence-corrected chi connectivity index (χ2v) is 7.39. The molecule has 0 atom stereocenters. The quantitative estimate of drug-likeness (QED) is 0.529. The largest absolute Gasteiger partial charge is 0.482 e. The van der Waals surface area contributed by atoms with Crippen molar-refractivity contribution in [3.8, 4) is 11.4 Å². The van der Waals surface area contributed by atoms with Gasteiger partial charge in [0, 0.05) is 24.2 Å². The van der Waals surface area contributed by atoms with Crippen LogP contribution < -0.4 is 10.1 Å². The minimum absolute atomic E-state index is 0.221. The Labute approximate surface area is 190 Å². The van der Waals surface area contributed by atoms with Crippen LogP contribution in [0.5, 0.6) is 5.75 Å². The number of hydrogen-bond donors (Lipinski definition) is 1. The van der Waals surface area contributed by atoms with Crippen LogP contribution >= 0.6 is 23.2 Å². The first-order valence-corrected chi connectivity index (χ1v) is 10.5. The van der Waals surface area contributed by atoms with Crippen LogP contribution in [-0.2, 0) is 4.79 Å². The van der Waals surface area contributed by atoms with E-state index < -0.39 is 5.91 Å². The molecule has 0 aliphatic rings. The summed E-state index contributed by atoms with van der Waals surface area (Å²) in [6.45, 7) is 4.54. The number of carbonyl (C=O) groups excluding carboxylic acids is 2. The molecule has 1 N–H and O–H groups in total. The number of nitrogens with zero attached hydrogens (tertiary/aromatic N) is 3. The van der Waals surface area contributed by atoms with Crippen molar-refractivity contribution in [3.05, 3.63) is 70.3 Å². The van der Waals surface area contributed by atoms with Gasteiger partial charge in [0.15, 0.2) is 6.61 Å². The van der Waals surface area contributed by atoms with Crippen LogP contribution in [-0.4, -0.2) is 46.2 Å². The predicted molar refractivity (Wildman–Crippen MR) is 121 cm³/mol. The van der Waals surface area contributed by atoms with Gasteiger partial charge in [0.2, 0.25) is 0 Å². The van der Waals surface area contributed by atoms with Crippen molar-refractivity contribution in [1.29, 1.82) is 0 Å². The minimum atomic E-state index is -0.470. The Kier molecular flexibility index (Phi) is 7.55. The molecule has 2 amide bonds. The van der Waals surface area contributed by atoms with Crippen LogP contribution in [0.4, 0.5) is 5.82 Å². The van der Waals surface area contributed by atoms with Gasteiger partial charge in [-0.15, -0.1) is 0 Å². The van der Waals surface area contributed by atoms with E-state index in [0.29, 0.717) is 40.1 Å². The van der Waals surface area contributed by atoms with E-state index in [1.807, 2.05) is 44.2 Å². The number of para-hydroxylation sites is 1. The molecular weight excluding hydrogens is 439 g/mol. The average Bonchev–Trinajstić information content (AvgIpc) is 3.19. The van der Waals surface area contributed by atoms with Crippen LogP contribution in [0.3, 0.4) is 0 Å². The number of nitrogens with one attached hydrogen (secondary N) is 1. The second-order valence-electron chi connectivity index (χ2n) is 6.54. The fraction of sp³-hybridized carbons (Fsp3) is 0.227. The molecule has 0 unspecified atom stereocenters. The molecule has 0 fully saturated rings. The Hall–Kier alpha value is -3.03. The van der Waals surface area contributed by atoms with Gasteiger partial charge < -0.3 is 15.0 Å². The van der Waals surface area contributed by atoms with Crippen molar-refractivity contribution in [2.75, 3.05) is 25.0 Å². The van der Waals surface area contributed by atoms with Gasteiger partial charge in [-0.25, -0.2) is 4.68 Å². The lowest BCUT2D eigenvalue weighted by atomic mass is 10.2. The fourth-order valence-corrected chi connectivity index (χ4v) is 3.30. The lowest BCUT2D eigenvalue weighted by Gasteiger charge is -2.19. The van der Waals surface area contributed by atoms with E-state index in [9.17, 15) is 9.59 Å². The Balaban J connectivity index is 1.87. The first kappa shape index (κ1) is 22.7. The molecule has 162 valence electrons. The number of halogens is 2. The monoisotopic (exact) mass is 460 g/mol. The zero-order valence-corrected chi connectivity index (χ0v) is 18.7. The molecule has 31 heavy (non-hydrogen) atoms. The molecule has 3 rings (SSSR count). The van der Waals surface area contributed by atoms with Crippen molar-refractivity contribution < 1.29 is 14.3 Å². The topological polar surface area (TPSA) is 76.5 Å². The van der Waals surface area contributed by atoms with Gasteiger partial charge in [0.05, 0.1) is 16.9 Å². The summed E-state index contributed by atoms with van der Waals surface area (Å²) in [5.74, 6) is -0.127. The molecule has 0 saturated carbocycles. The van der Waals surface area contributed by atoms with Crippen LogP contribution in [0.25, 0.3) is 5.69 Å². The van der Waals surface area contributed by atoms with Gasteiger partial charge >= 0.3 is 0 Å². The fourth-order valence-electron chi connectivity index (χ4n) is 2.97. The van der Waals surface area contributed by atoms with Crippen LogP contribution in [0.2, 0.25) is 10.0 Å². The molecule has 3 aromatic rings. The maximum absolute atomic E-state index is 13.0. The van der Waals surface area contributed by atoms with Crippen molar-refractivity contribution in [3.63, 3.8) is 0 Å². The number of ether oxygens (including phenoxy) is 1. The highest BCUT2D eigenvalue weighted by Gasteiger charge is 2.23. The summed E-state index contributed by atoms with van der Waals surface area (Å²) < 4.78 is 7.03. The maximum Gasteiger partial charge on any atom is 0.263 e. The van der Waals surface area contributed by atoms with E-state index in [1.165, 1.54) is 16.9 Å². The van der Waals surface area contributed by atoms with Gasteiger partial charge in [0.25, 0.3) is 11.8 Å². The first-order valence-electron chi connectivity index (χ1n) is 9.75. The number of carbonyl (C=O) groups is 2. The van der Waals surface area contributed by atoms with E-state index in [4.69, 9.17) is 27.9 Å². The van der Waals surface area contributed by atoms with Crippen LogP contribution in [0.15, 0.2) is 54.7 Å². The average molecular weight is 461 g/mol. The summed E-state index contributed by atoms with van der Waals surface area (Å²) in [5.41, 5.74) is 0.997. The van der Waals surface area contributed by atoms with E-state index in [0.717, 1.165) is 0 Å². The molecule has 0 spiro atoms. The molecule has 1 aromatic heterocycles. The Morgan fingerprint density at radius 1 is 1.10 bits per heavy atom. The van der Waals surface area contributed by atoms with E-state index in [1.54, 1.807) is 17.0 Å². The molecule has 9 heteroatoms. The number of aromatic nitrogens is 2. The predicted octanol–water partition coefficient (Wildman–Crippen LogP) is 4.68. The normalized spacial score (nSPS) is 10.6. The Morgan fingerprint density at radius 2 is 1.81 bits per heavy atom. The molecule has 0 saturated heterocycles. The number of amides is 2. The first-order chi connectivity index (χ1) is 14.9. The van der Waals surface area contributed by atoms with Gasteiger partial charge in [-0.2, -0.15) is 5.10 Å². The van der Waals surface area contributed by atoms with Crippen molar-refractivity contribution in [2.24, 2.45) is 0 Å². The van der Waals surface area contributed by atoms with Gasteiger partial charge in [0.1, 0.15) is 17.1 Å². The van der Waals surface area contributed by atoms with E-state index in [2.05, 4.69) is 10.4 Å². The zero-order valence-electron chi connectivity index (χ0n) is 17.1. The van der Waals surface area contributed by atoms with Crippen LogP contribution in [0, 0.1) is 0 Å². The van der Waals surface area contributed by atoms with Gasteiger partial charge in [-0.05, 0) is 38.1 Å². The SMILES string of the molecule is CCN(CC)C(=O)c1cnn(-c2ccccc2)c1NC(=O)COc1cc(Cl)ccc1Cl.